The Bertz CT molecular complexity index is 835. The van der Waals surface area contributed by atoms with Crippen molar-refractivity contribution in [1.29, 1.82) is 0 Å². The average Bonchev–Trinajstić information content (AvgIpc) is 2.69. The number of anilines is 1. The summed E-state index contributed by atoms with van der Waals surface area (Å²) < 4.78 is 10.1. The first-order valence-corrected chi connectivity index (χ1v) is 8.97. The molecule has 0 bridgehead atoms. The van der Waals surface area contributed by atoms with Crippen LogP contribution in [-0.2, 0) is 25.5 Å². The molecule has 0 fully saturated rings. The van der Waals surface area contributed by atoms with E-state index in [9.17, 15) is 14.4 Å². The monoisotopic (exact) mass is 384 g/mol. The molecule has 0 atom stereocenters. The second-order valence-corrected chi connectivity index (χ2v) is 6.10. The molecule has 2 rings (SSSR count). The number of carbonyl (C=O) groups is 3. The summed E-state index contributed by atoms with van der Waals surface area (Å²) in [6.07, 6.45) is 0.781. The molecule has 0 aliphatic rings. The Kier molecular flexibility index (Phi) is 8.02. The first-order valence-electron chi connectivity index (χ1n) is 8.97. The molecular formula is C21H24N2O5. The molecule has 0 radical (unpaired) electrons. The van der Waals surface area contributed by atoms with Gasteiger partial charge in [-0.05, 0) is 42.7 Å². The van der Waals surface area contributed by atoms with Gasteiger partial charge in [0.2, 0.25) is 5.91 Å². The van der Waals surface area contributed by atoms with Gasteiger partial charge < -0.3 is 20.1 Å². The summed E-state index contributed by atoms with van der Waals surface area (Å²) in [5.74, 6) is -1.05. The predicted molar refractivity (Wildman–Crippen MR) is 105 cm³/mol. The third kappa shape index (κ3) is 7.11. The van der Waals surface area contributed by atoms with Gasteiger partial charge in [0, 0.05) is 5.69 Å². The van der Waals surface area contributed by atoms with Crippen molar-refractivity contribution in [3.05, 3.63) is 59.7 Å². The molecule has 0 saturated heterocycles. The molecule has 0 aliphatic carbocycles. The van der Waals surface area contributed by atoms with Gasteiger partial charge in [-0.1, -0.05) is 37.3 Å². The van der Waals surface area contributed by atoms with Crippen molar-refractivity contribution in [3.8, 4) is 5.75 Å². The van der Waals surface area contributed by atoms with E-state index in [1.807, 2.05) is 44.2 Å². The van der Waals surface area contributed by atoms with E-state index in [1.54, 1.807) is 18.2 Å². The summed E-state index contributed by atoms with van der Waals surface area (Å²) in [4.78, 5) is 35.3. The van der Waals surface area contributed by atoms with Crippen LogP contribution in [0.3, 0.4) is 0 Å². The van der Waals surface area contributed by atoms with Crippen molar-refractivity contribution in [2.75, 3.05) is 25.1 Å². The lowest BCUT2D eigenvalue weighted by molar-refractivity contribution is -0.150. The van der Waals surface area contributed by atoms with Crippen molar-refractivity contribution >= 4 is 23.5 Å². The van der Waals surface area contributed by atoms with Crippen molar-refractivity contribution < 1.29 is 23.9 Å². The van der Waals surface area contributed by atoms with Crippen LogP contribution < -0.4 is 15.4 Å². The predicted octanol–water partition coefficient (Wildman–Crippen LogP) is 2.23. The minimum Gasteiger partial charge on any atom is -0.482 e. The Morgan fingerprint density at radius 3 is 2.50 bits per heavy atom. The SMILES string of the molecule is CCc1ccccc1NC(=O)CNC(=O)COC(=O)COc1cccc(C)c1. The van der Waals surface area contributed by atoms with Gasteiger partial charge >= 0.3 is 5.97 Å². The smallest absolute Gasteiger partial charge is 0.344 e. The molecule has 2 amide bonds. The van der Waals surface area contributed by atoms with Crippen LogP contribution in [0.15, 0.2) is 48.5 Å². The van der Waals surface area contributed by atoms with Crippen LogP contribution in [0.25, 0.3) is 0 Å². The zero-order valence-electron chi connectivity index (χ0n) is 16.0. The van der Waals surface area contributed by atoms with Crippen molar-refractivity contribution in [2.24, 2.45) is 0 Å². The molecule has 7 heteroatoms. The molecule has 0 heterocycles. The molecule has 2 N–H and O–H groups in total. The van der Waals surface area contributed by atoms with Gasteiger partial charge in [-0.3, -0.25) is 9.59 Å². The van der Waals surface area contributed by atoms with Crippen LogP contribution in [0.2, 0.25) is 0 Å². The molecule has 0 aliphatic heterocycles. The fourth-order valence-electron chi connectivity index (χ4n) is 2.41. The maximum atomic E-state index is 12.0. The first-order chi connectivity index (χ1) is 13.5. The lowest BCUT2D eigenvalue weighted by Crippen LogP contribution is -2.36. The molecule has 2 aromatic carbocycles. The second kappa shape index (κ2) is 10.7. The van der Waals surface area contributed by atoms with E-state index in [0.29, 0.717) is 11.4 Å². The third-order valence-corrected chi connectivity index (χ3v) is 3.83. The zero-order valence-corrected chi connectivity index (χ0v) is 16.0. The number of carbonyl (C=O) groups excluding carboxylic acids is 3. The molecule has 148 valence electrons. The van der Waals surface area contributed by atoms with E-state index in [4.69, 9.17) is 9.47 Å². The Labute approximate surface area is 164 Å². The highest BCUT2D eigenvalue weighted by Crippen LogP contribution is 2.15. The fourth-order valence-corrected chi connectivity index (χ4v) is 2.41. The first kappa shape index (κ1) is 21.0. The molecule has 7 nitrogen and oxygen atoms in total. The van der Waals surface area contributed by atoms with Gasteiger partial charge in [-0.25, -0.2) is 4.79 Å². The number of rotatable bonds is 9. The van der Waals surface area contributed by atoms with Crippen LogP contribution in [0.5, 0.6) is 5.75 Å². The highest BCUT2D eigenvalue weighted by molar-refractivity contribution is 5.95. The van der Waals surface area contributed by atoms with E-state index in [1.165, 1.54) is 0 Å². The number of nitrogens with one attached hydrogen (secondary N) is 2. The lowest BCUT2D eigenvalue weighted by Gasteiger charge is -2.10. The summed E-state index contributed by atoms with van der Waals surface area (Å²) in [7, 11) is 0. The van der Waals surface area contributed by atoms with Crippen LogP contribution in [0.1, 0.15) is 18.1 Å². The fraction of sp³-hybridized carbons (Fsp3) is 0.286. The number of amides is 2. The van der Waals surface area contributed by atoms with Gasteiger partial charge in [-0.15, -0.1) is 0 Å². The van der Waals surface area contributed by atoms with Crippen LogP contribution >= 0.6 is 0 Å². The topological polar surface area (TPSA) is 93.7 Å². The number of hydrogen-bond donors (Lipinski definition) is 2. The minimum atomic E-state index is -0.669. The number of esters is 1. The normalized spacial score (nSPS) is 10.1. The summed E-state index contributed by atoms with van der Waals surface area (Å²) in [6.45, 7) is 2.91. The van der Waals surface area contributed by atoms with E-state index in [0.717, 1.165) is 17.5 Å². The zero-order chi connectivity index (χ0) is 20.4. The average molecular weight is 384 g/mol. The maximum absolute atomic E-state index is 12.0. The van der Waals surface area contributed by atoms with E-state index < -0.39 is 18.5 Å². The van der Waals surface area contributed by atoms with Crippen molar-refractivity contribution in [1.82, 2.24) is 5.32 Å². The Morgan fingerprint density at radius 1 is 0.964 bits per heavy atom. The largest absolute Gasteiger partial charge is 0.482 e. The number of para-hydroxylation sites is 1. The van der Waals surface area contributed by atoms with Gasteiger partial charge in [0.05, 0.1) is 6.54 Å². The van der Waals surface area contributed by atoms with Gasteiger partial charge in [0.1, 0.15) is 5.75 Å². The molecule has 0 aromatic heterocycles. The number of hydrogen-bond acceptors (Lipinski definition) is 5. The highest BCUT2D eigenvalue weighted by Gasteiger charge is 2.11. The highest BCUT2D eigenvalue weighted by atomic mass is 16.6. The minimum absolute atomic E-state index is 0.214. The summed E-state index contributed by atoms with van der Waals surface area (Å²) in [6, 6.07) is 14.7. The lowest BCUT2D eigenvalue weighted by atomic mass is 10.1. The van der Waals surface area contributed by atoms with Gasteiger partial charge in [0.15, 0.2) is 13.2 Å². The van der Waals surface area contributed by atoms with Crippen molar-refractivity contribution in [3.63, 3.8) is 0 Å². The number of ether oxygens (including phenoxy) is 2. The van der Waals surface area contributed by atoms with Crippen LogP contribution in [0, 0.1) is 6.92 Å². The van der Waals surface area contributed by atoms with Crippen LogP contribution in [0.4, 0.5) is 5.69 Å². The summed E-state index contributed by atoms with van der Waals surface area (Å²) in [5, 5.41) is 5.15. The standard InChI is InChI=1S/C21H24N2O5/c1-3-16-8-4-5-10-18(16)23-19(24)12-22-20(25)13-28-21(26)14-27-17-9-6-7-15(2)11-17/h4-11H,3,12-14H2,1-2H3,(H,22,25)(H,23,24). The number of aryl methyl sites for hydroxylation is 2. The van der Waals surface area contributed by atoms with Crippen molar-refractivity contribution in [2.45, 2.75) is 20.3 Å². The Hall–Kier alpha value is -3.35. The van der Waals surface area contributed by atoms with E-state index in [-0.39, 0.29) is 19.1 Å². The molecular weight excluding hydrogens is 360 g/mol. The molecule has 0 spiro atoms. The second-order valence-electron chi connectivity index (χ2n) is 6.10. The Morgan fingerprint density at radius 2 is 1.75 bits per heavy atom. The maximum Gasteiger partial charge on any atom is 0.344 e. The quantitative estimate of drug-likeness (QED) is 0.647. The van der Waals surface area contributed by atoms with Gasteiger partial charge in [-0.2, -0.15) is 0 Å². The summed E-state index contributed by atoms with van der Waals surface area (Å²) in [5.41, 5.74) is 2.72. The molecule has 28 heavy (non-hydrogen) atoms. The Balaban J connectivity index is 1.66. The van der Waals surface area contributed by atoms with E-state index >= 15 is 0 Å². The molecule has 2 aromatic rings. The number of benzene rings is 2. The summed E-state index contributed by atoms with van der Waals surface area (Å²) >= 11 is 0. The third-order valence-electron chi connectivity index (χ3n) is 3.83. The van der Waals surface area contributed by atoms with Gasteiger partial charge in [0.25, 0.3) is 5.91 Å². The van der Waals surface area contributed by atoms with E-state index in [2.05, 4.69) is 10.6 Å². The molecule has 0 unspecified atom stereocenters. The molecule has 0 saturated carbocycles. The van der Waals surface area contributed by atoms with Crippen LogP contribution in [-0.4, -0.2) is 37.5 Å².